The molecular formula is C15H22N2O2. The fourth-order valence-electron chi connectivity index (χ4n) is 2.84. The van der Waals surface area contributed by atoms with E-state index in [9.17, 15) is 4.79 Å². The smallest absolute Gasteiger partial charge is 0.317 e. The summed E-state index contributed by atoms with van der Waals surface area (Å²) in [5, 5.41) is 3.47. The molecule has 1 aromatic heterocycles. The second kappa shape index (κ2) is 4.60. The second-order valence-electron chi connectivity index (χ2n) is 6.58. The van der Waals surface area contributed by atoms with Crippen LogP contribution in [-0.4, -0.2) is 22.0 Å². The molecule has 1 aliphatic rings. The molecule has 0 amide bonds. The quantitative estimate of drug-likeness (QED) is 0.832. The molecule has 2 rings (SSSR count). The van der Waals surface area contributed by atoms with Crippen LogP contribution in [0.25, 0.3) is 0 Å². The Kier molecular flexibility index (Phi) is 3.39. The van der Waals surface area contributed by atoms with Gasteiger partial charge in [0.1, 0.15) is 0 Å². The number of esters is 1. The molecule has 0 spiro atoms. The predicted octanol–water partition coefficient (Wildman–Crippen LogP) is 2.46. The predicted molar refractivity (Wildman–Crippen MR) is 74.0 cm³/mol. The summed E-state index contributed by atoms with van der Waals surface area (Å²) in [5.74, 6) is 0.00105. The second-order valence-corrected chi connectivity index (χ2v) is 6.58. The molecule has 19 heavy (non-hydrogen) atoms. The van der Waals surface area contributed by atoms with Gasteiger partial charge in [0.25, 0.3) is 0 Å². The molecule has 1 N–H and O–H groups in total. The number of aromatic nitrogens is 1. The fraction of sp³-hybridized carbons (Fsp3) is 0.600. The first-order valence-electron chi connectivity index (χ1n) is 6.63. The SMILES string of the molecule is Cc1ccc(OC(=O)C2CC(C)(C)NC2(C)C)nc1. The van der Waals surface area contributed by atoms with Crippen molar-refractivity contribution >= 4 is 5.97 Å². The molecule has 1 fully saturated rings. The number of carbonyl (C=O) groups is 1. The van der Waals surface area contributed by atoms with Crippen molar-refractivity contribution in [3.63, 3.8) is 0 Å². The van der Waals surface area contributed by atoms with Crippen molar-refractivity contribution in [1.82, 2.24) is 10.3 Å². The van der Waals surface area contributed by atoms with Crippen LogP contribution in [0.1, 0.15) is 39.7 Å². The minimum Gasteiger partial charge on any atom is -0.407 e. The van der Waals surface area contributed by atoms with Gasteiger partial charge in [-0.2, -0.15) is 0 Å². The number of ether oxygens (including phenoxy) is 1. The van der Waals surface area contributed by atoms with Crippen LogP contribution in [0, 0.1) is 12.8 Å². The number of nitrogens with one attached hydrogen (secondary N) is 1. The third-order valence-corrected chi connectivity index (χ3v) is 3.62. The van der Waals surface area contributed by atoms with Crippen LogP contribution < -0.4 is 10.1 Å². The maximum atomic E-state index is 12.3. The maximum Gasteiger partial charge on any atom is 0.317 e. The average Bonchev–Trinajstić information content (AvgIpc) is 2.50. The van der Waals surface area contributed by atoms with Crippen LogP contribution in [0.4, 0.5) is 0 Å². The van der Waals surface area contributed by atoms with Crippen LogP contribution in [0.5, 0.6) is 5.88 Å². The summed E-state index contributed by atoms with van der Waals surface area (Å²) in [7, 11) is 0. The minimum absolute atomic E-state index is 0.0477. The first-order chi connectivity index (χ1) is 8.70. The molecule has 0 aliphatic carbocycles. The molecule has 1 aromatic rings. The molecule has 104 valence electrons. The van der Waals surface area contributed by atoms with Crippen molar-refractivity contribution < 1.29 is 9.53 Å². The van der Waals surface area contributed by atoms with Gasteiger partial charge in [-0.25, -0.2) is 4.98 Å². The third kappa shape index (κ3) is 3.13. The Labute approximate surface area is 114 Å². The average molecular weight is 262 g/mol. The van der Waals surface area contributed by atoms with E-state index < -0.39 is 0 Å². The van der Waals surface area contributed by atoms with E-state index in [0.717, 1.165) is 12.0 Å². The molecule has 0 bridgehead atoms. The van der Waals surface area contributed by atoms with Crippen LogP contribution in [-0.2, 0) is 4.79 Å². The molecule has 4 heteroatoms. The molecule has 1 aliphatic heterocycles. The number of nitrogens with zero attached hydrogens (tertiary/aromatic N) is 1. The van der Waals surface area contributed by atoms with Gasteiger partial charge in [0, 0.05) is 23.3 Å². The van der Waals surface area contributed by atoms with Crippen LogP contribution in [0.2, 0.25) is 0 Å². The Morgan fingerprint density at radius 2 is 2.05 bits per heavy atom. The zero-order chi connectivity index (χ0) is 14.3. The van der Waals surface area contributed by atoms with Gasteiger partial charge < -0.3 is 10.1 Å². The highest BCUT2D eigenvalue weighted by Crippen LogP contribution is 2.36. The Hall–Kier alpha value is -1.42. The van der Waals surface area contributed by atoms with Crippen molar-refractivity contribution in [2.75, 3.05) is 0 Å². The van der Waals surface area contributed by atoms with E-state index >= 15 is 0 Å². The normalized spacial score (nSPS) is 24.2. The van der Waals surface area contributed by atoms with Gasteiger partial charge in [-0.05, 0) is 46.6 Å². The number of pyridine rings is 1. The summed E-state index contributed by atoms with van der Waals surface area (Å²) in [6, 6.07) is 3.62. The number of rotatable bonds is 2. The van der Waals surface area contributed by atoms with Crippen molar-refractivity contribution in [2.45, 2.75) is 52.1 Å². The van der Waals surface area contributed by atoms with E-state index in [-0.39, 0.29) is 23.0 Å². The molecule has 1 atom stereocenters. The van der Waals surface area contributed by atoms with E-state index in [0.29, 0.717) is 5.88 Å². The van der Waals surface area contributed by atoms with Crippen molar-refractivity contribution in [1.29, 1.82) is 0 Å². The standard InChI is InChI=1S/C15H22N2O2/c1-10-6-7-12(16-9-10)19-13(18)11-8-14(2,3)17-15(11,4)5/h6-7,9,11,17H,8H2,1-5H3. The van der Waals surface area contributed by atoms with E-state index in [1.54, 1.807) is 12.3 Å². The zero-order valence-electron chi connectivity index (χ0n) is 12.3. The Bertz CT molecular complexity index is 477. The van der Waals surface area contributed by atoms with Gasteiger partial charge in [-0.3, -0.25) is 4.79 Å². The van der Waals surface area contributed by atoms with E-state index in [4.69, 9.17) is 4.74 Å². The Morgan fingerprint density at radius 3 is 2.53 bits per heavy atom. The Balaban J connectivity index is 2.10. The highest BCUT2D eigenvalue weighted by Gasteiger charge is 2.48. The number of hydrogen-bond acceptors (Lipinski definition) is 4. The molecule has 0 radical (unpaired) electrons. The summed E-state index contributed by atoms with van der Waals surface area (Å²) in [5.41, 5.74) is 0.739. The van der Waals surface area contributed by atoms with Crippen molar-refractivity contribution in [3.8, 4) is 5.88 Å². The van der Waals surface area contributed by atoms with Gasteiger partial charge in [0.15, 0.2) is 0 Å². The number of hydrogen-bond donors (Lipinski definition) is 1. The van der Waals surface area contributed by atoms with Gasteiger partial charge >= 0.3 is 5.97 Å². The highest BCUT2D eigenvalue weighted by molar-refractivity contribution is 5.77. The number of carbonyl (C=O) groups excluding carboxylic acids is 1. The molecule has 0 saturated carbocycles. The molecular weight excluding hydrogens is 240 g/mol. The topological polar surface area (TPSA) is 51.2 Å². The zero-order valence-corrected chi connectivity index (χ0v) is 12.3. The highest BCUT2D eigenvalue weighted by atomic mass is 16.5. The first kappa shape index (κ1) is 14.0. The molecule has 1 unspecified atom stereocenters. The lowest BCUT2D eigenvalue weighted by Crippen LogP contribution is -2.47. The minimum atomic E-state index is -0.259. The summed E-state index contributed by atoms with van der Waals surface area (Å²) in [6.07, 6.45) is 2.47. The van der Waals surface area contributed by atoms with Crippen LogP contribution >= 0.6 is 0 Å². The van der Waals surface area contributed by atoms with E-state index in [2.05, 4.69) is 24.1 Å². The maximum absolute atomic E-state index is 12.3. The lowest BCUT2D eigenvalue weighted by atomic mass is 9.87. The molecule has 4 nitrogen and oxygen atoms in total. The fourth-order valence-corrected chi connectivity index (χ4v) is 2.84. The Morgan fingerprint density at radius 1 is 1.37 bits per heavy atom. The van der Waals surface area contributed by atoms with Crippen molar-refractivity contribution in [3.05, 3.63) is 23.9 Å². The third-order valence-electron chi connectivity index (χ3n) is 3.62. The van der Waals surface area contributed by atoms with Gasteiger partial charge in [-0.15, -0.1) is 0 Å². The number of aryl methyl sites for hydroxylation is 1. The first-order valence-corrected chi connectivity index (χ1v) is 6.63. The van der Waals surface area contributed by atoms with Gasteiger partial charge in [-0.1, -0.05) is 6.07 Å². The van der Waals surface area contributed by atoms with Crippen LogP contribution in [0.3, 0.4) is 0 Å². The molecule has 2 heterocycles. The van der Waals surface area contributed by atoms with Crippen molar-refractivity contribution in [2.24, 2.45) is 5.92 Å². The van der Waals surface area contributed by atoms with E-state index in [1.807, 2.05) is 26.8 Å². The molecule has 1 saturated heterocycles. The monoisotopic (exact) mass is 262 g/mol. The summed E-state index contributed by atoms with van der Waals surface area (Å²) in [4.78, 5) is 16.4. The summed E-state index contributed by atoms with van der Waals surface area (Å²) in [6.45, 7) is 10.2. The van der Waals surface area contributed by atoms with Crippen LogP contribution in [0.15, 0.2) is 18.3 Å². The van der Waals surface area contributed by atoms with Gasteiger partial charge in [0.2, 0.25) is 5.88 Å². The lowest BCUT2D eigenvalue weighted by molar-refractivity contribution is -0.140. The summed E-state index contributed by atoms with van der Waals surface area (Å²) >= 11 is 0. The van der Waals surface area contributed by atoms with Gasteiger partial charge in [0.05, 0.1) is 5.92 Å². The largest absolute Gasteiger partial charge is 0.407 e. The van der Waals surface area contributed by atoms with E-state index in [1.165, 1.54) is 0 Å². The summed E-state index contributed by atoms with van der Waals surface area (Å²) < 4.78 is 5.39. The molecule has 0 aromatic carbocycles. The lowest BCUT2D eigenvalue weighted by Gasteiger charge is -2.27.